The summed E-state index contributed by atoms with van der Waals surface area (Å²) in [6.07, 6.45) is 2.53. The van der Waals surface area contributed by atoms with Crippen LogP contribution in [-0.2, 0) is 0 Å². The van der Waals surface area contributed by atoms with E-state index in [-0.39, 0.29) is 12.0 Å². The van der Waals surface area contributed by atoms with Crippen molar-refractivity contribution in [2.75, 3.05) is 4.90 Å². The van der Waals surface area contributed by atoms with Crippen molar-refractivity contribution in [3.05, 3.63) is 253 Å². The molecule has 0 amide bonds. The predicted octanol–water partition coefficient (Wildman–Crippen LogP) is 17.1. The Hall–Kier alpha value is -8.66. The van der Waals surface area contributed by atoms with Crippen LogP contribution in [-0.4, -0.2) is 15.2 Å². The molecule has 2 aromatic heterocycles. The van der Waals surface area contributed by atoms with Crippen molar-refractivity contribution in [1.82, 2.24) is 9.13 Å². The maximum atomic E-state index is 2.60. The summed E-state index contributed by atoms with van der Waals surface area (Å²) in [7, 11) is 0. The Balaban J connectivity index is 0.950. The minimum Gasteiger partial charge on any atom is -0.333 e. The van der Waals surface area contributed by atoms with Crippen LogP contribution < -0.4 is 4.90 Å². The van der Waals surface area contributed by atoms with Crippen molar-refractivity contribution in [2.45, 2.75) is 18.9 Å². The first-order valence-electron chi connectivity index (χ1n) is 23.8. The van der Waals surface area contributed by atoms with Gasteiger partial charge in [-0.2, -0.15) is 0 Å². The molecule has 0 saturated heterocycles. The normalized spacial score (nSPS) is 15.2. The fourth-order valence-electron chi connectivity index (χ4n) is 11.7. The number of aromatic nitrogens is 2. The van der Waals surface area contributed by atoms with Crippen LogP contribution in [0.25, 0.3) is 99.9 Å². The van der Waals surface area contributed by atoms with Crippen molar-refractivity contribution in [1.29, 1.82) is 0 Å². The van der Waals surface area contributed by atoms with Crippen LogP contribution in [0.2, 0.25) is 0 Å². The molecule has 0 fully saturated rings. The van der Waals surface area contributed by atoms with Crippen LogP contribution in [0.3, 0.4) is 0 Å². The molecular formula is C65H45N3. The lowest BCUT2D eigenvalue weighted by Crippen LogP contribution is -2.34. The van der Waals surface area contributed by atoms with Crippen molar-refractivity contribution < 1.29 is 0 Å². The summed E-state index contributed by atoms with van der Waals surface area (Å²) < 4.78 is 5.01. The molecule has 0 N–H and O–H groups in total. The molecule has 3 heteroatoms. The van der Waals surface area contributed by atoms with E-state index in [1.54, 1.807) is 0 Å². The lowest BCUT2D eigenvalue weighted by Gasteiger charge is -2.36. The molecule has 2 aliphatic rings. The lowest BCUT2D eigenvalue weighted by atomic mass is 9.82. The van der Waals surface area contributed by atoms with Crippen molar-refractivity contribution >= 4 is 66.5 Å². The molecule has 1 aliphatic carbocycles. The van der Waals surface area contributed by atoms with Gasteiger partial charge in [0.1, 0.15) is 0 Å². The summed E-state index contributed by atoms with van der Waals surface area (Å²) in [5.74, 6) is 0.146. The maximum absolute atomic E-state index is 2.60. The molecule has 14 rings (SSSR count). The number of para-hydroxylation sites is 2. The van der Waals surface area contributed by atoms with Gasteiger partial charge in [0.15, 0.2) is 0 Å². The molecule has 1 aliphatic heterocycles. The zero-order valence-corrected chi connectivity index (χ0v) is 37.6. The highest BCUT2D eigenvalue weighted by atomic mass is 15.2. The number of rotatable bonds is 6. The minimum absolute atomic E-state index is 0.107. The maximum Gasteiger partial charge on any atom is 0.0679 e. The van der Waals surface area contributed by atoms with Gasteiger partial charge in [0, 0.05) is 61.3 Å². The first-order chi connectivity index (χ1) is 33.7. The van der Waals surface area contributed by atoms with Gasteiger partial charge in [-0.05, 0) is 117 Å². The molecule has 2 atom stereocenters. The van der Waals surface area contributed by atoms with E-state index in [9.17, 15) is 0 Å². The standard InChI is InChI=1S/C65H45N3/c1-42-64-57(54-23-11-12-24-60(54)66(64)50-33-27-45(28-34-50)43-15-4-2-5-16-43)41-58-56-40-49(31-37-62(56)67(65(42)58)51-35-29-46(30-36-51)44-17-6-3-7-18-44)48-32-38-63-55(39-48)53-22-10-13-25-61(53)68(63)59-26-14-20-47-19-8-9-21-52(47)59/h2-42,64H,1H3. The Kier molecular flexibility index (Phi) is 8.63. The SMILES string of the molecule is CC1c2c(c3cc(-c4ccc5c(c4)c4ccccc4n5-c4cccc5ccccc45)ccc3n2-c2ccc(-c3ccccc3)cc2)C=C2c3ccccc3N(c3ccc(-c4ccccc4)cc3)C21. The Bertz CT molecular complexity index is 3960. The van der Waals surface area contributed by atoms with Gasteiger partial charge < -0.3 is 14.0 Å². The second kappa shape index (κ2) is 15.2. The summed E-state index contributed by atoms with van der Waals surface area (Å²) in [4.78, 5) is 2.60. The quantitative estimate of drug-likeness (QED) is 0.162. The van der Waals surface area contributed by atoms with E-state index >= 15 is 0 Å². The Morgan fingerprint density at radius 3 is 1.59 bits per heavy atom. The fraction of sp³-hybridized carbons (Fsp3) is 0.0462. The molecule has 0 saturated carbocycles. The highest BCUT2D eigenvalue weighted by Gasteiger charge is 2.43. The van der Waals surface area contributed by atoms with Crippen molar-refractivity contribution in [3.8, 4) is 44.8 Å². The average Bonchev–Trinajstić information content (AvgIpc) is 4.05. The van der Waals surface area contributed by atoms with E-state index in [2.05, 4.69) is 264 Å². The highest BCUT2D eigenvalue weighted by Crippen LogP contribution is 2.55. The number of hydrogen-bond donors (Lipinski definition) is 0. The van der Waals surface area contributed by atoms with Crippen molar-refractivity contribution in [2.24, 2.45) is 0 Å². The molecule has 320 valence electrons. The largest absolute Gasteiger partial charge is 0.333 e. The third-order valence-electron chi connectivity index (χ3n) is 14.8. The summed E-state index contributed by atoms with van der Waals surface area (Å²) in [6, 6.07) is 87.3. The smallest absolute Gasteiger partial charge is 0.0679 e. The average molecular weight is 868 g/mol. The van der Waals surface area contributed by atoms with E-state index in [4.69, 9.17) is 0 Å². The highest BCUT2D eigenvalue weighted by molar-refractivity contribution is 6.12. The van der Waals surface area contributed by atoms with Gasteiger partial charge in [-0.25, -0.2) is 0 Å². The summed E-state index contributed by atoms with van der Waals surface area (Å²) in [6.45, 7) is 2.45. The second-order valence-corrected chi connectivity index (χ2v) is 18.5. The molecule has 12 aromatic rings. The van der Waals surface area contributed by atoms with E-state index in [1.165, 1.54) is 122 Å². The fourth-order valence-corrected chi connectivity index (χ4v) is 11.7. The number of anilines is 2. The molecule has 68 heavy (non-hydrogen) atoms. The van der Waals surface area contributed by atoms with Crippen LogP contribution in [0, 0.1) is 0 Å². The Morgan fingerprint density at radius 1 is 0.353 bits per heavy atom. The first kappa shape index (κ1) is 38.6. The third kappa shape index (κ3) is 5.85. The van der Waals surface area contributed by atoms with E-state index in [1.807, 2.05) is 0 Å². The van der Waals surface area contributed by atoms with Crippen LogP contribution in [0.15, 0.2) is 237 Å². The zero-order valence-electron chi connectivity index (χ0n) is 37.6. The number of nitrogens with zero attached hydrogens (tertiary/aromatic N) is 3. The Labute approximate surface area is 395 Å². The first-order valence-corrected chi connectivity index (χ1v) is 23.8. The Morgan fingerprint density at radius 2 is 0.868 bits per heavy atom. The molecule has 2 unspecified atom stereocenters. The van der Waals surface area contributed by atoms with Crippen LogP contribution >= 0.6 is 0 Å². The summed E-state index contributed by atoms with van der Waals surface area (Å²) in [5, 5.41) is 6.26. The van der Waals surface area contributed by atoms with E-state index in [0.717, 1.165) is 0 Å². The molecule has 0 radical (unpaired) electrons. The minimum atomic E-state index is 0.107. The molecule has 10 aromatic carbocycles. The molecule has 3 nitrogen and oxygen atoms in total. The monoisotopic (exact) mass is 867 g/mol. The van der Waals surface area contributed by atoms with Crippen molar-refractivity contribution in [3.63, 3.8) is 0 Å². The molecule has 0 bridgehead atoms. The molecular weight excluding hydrogens is 823 g/mol. The van der Waals surface area contributed by atoms with Gasteiger partial charge in [0.2, 0.25) is 0 Å². The van der Waals surface area contributed by atoms with Crippen LogP contribution in [0.1, 0.15) is 29.7 Å². The number of hydrogen-bond acceptors (Lipinski definition) is 1. The zero-order chi connectivity index (χ0) is 44.9. The van der Waals surface area contributed by atoms with Crippen LogP contribution in [0.5, 0.6) is 0 Å². The van der Waals surface area contributed by atoms with Crippen LogP contribution in [0.4, 0.5) is 11.4 Å². The van der Waals surface area contributed by atoms with Gasteiger partial charge in [0.25, 0.3) is 0 Å². The number of fused-ring (bicyclic) bond motifs is 10. The lowest BCUT2D eigenvalue weighted by molar-refractivity contribution is 0.640. The molecule has 3 heterocycles. The van der Waals surface area contributed by atoms with E-state index in [0.29, 0.717) is 0 Å². The van der Waals surface area contributed by atoms with Gasteiger partial charge in [0.05, 0.1) is 28.3 Å². The third-order valence-corrected chi connectivity index (χ3v) is 14.8. The topological polar surface area (TPSA) is 13.1 Å². The van der Waals surface area contributed by atoms with E-state index < -0.39 is 0 Å². The number of benzene rings is 10. The van der Waals surface area contributed by atoms with Gasteiger partial charge >= 0.3 is 0 Å². The summed E-state index contributed by atoms with van der Waals surface area (Å²) in [5.41, 5.74) is 21.1. The predicted molar refractivity (Wildman–Crippen MR) is 287 cm³/mol. The van der Waals surface area contributed by atoms with Gasteiger partial charge in [-0.3, -0.25) is 0 Å². The van der Waals surface area contributed by atoms with Gasteiger partial charge in [-0.15, -0.1) is 0 Å². The summed E-state index contributed by atoms with van der Waals surface area (Å²) >= 11 is 0. The molecule has 0 spiro atoms. The second-order valence-electron chi connectivity index (χ2n) is 18.5. The van der Waals surface area contributed by atoms with Gasteiger partial charge in [-0.1, -0.05) is 177 Å².